The molecule has 42 heavy (non-hydrogen) atoms. The minimum absolute atomic E-state index is 0.0102. The second kappa shape index (κ2) is 10.9. The Hall–Kier alpha value is -1.32. The molecule has 1 aliphatic carbocycles. The number of aromatic nitrogens is 2. The van der Waals surface area contributed by atoms with E-state index < -0.39 is 94.0 Å². The van der Waals surface area contributed by atoms with Crippen LogP contribution in [-0.2, 0) is 32.0 Å². The monoisotopic (exact) mass is 662 g/mol. The predicted molar refractivity (Wildman–Crippen MR) is 138 cm³/mol. The topological polar surface area (TPSA) is 293 Å². The summed E-state index contributed by atoms with van der Waals surface area (Å²) in [7, 11) is -5.39. The Morgan fingerprint density at radius 2 is 1.98 bits per heavy atom. The van der Waals surface area contributed by atoms with Gasteiger partial charge in [0.1, 0.15) is 24.1 Å². The van der Waals surface area contributed by atoms with Crippen LogP contribution in [0, 0.1) is 11.8 Å². The molecule has 22 heteroatoms. The van der Waals surface area contributed by atoms with Gasteiger partial charge in [0.2, 0.25) is 0 Å². The summed E-state index contributed by atoms with van der Waals surface area (Å²) in [4.78, 5) is 18.0. The molecule has 13 atom stereocenters. The number of nitrogen functional groups attached to an aromatic ring is 1. The maximum absolute atomic E-state index is 15.7. The van der Waals surface area contributed by atoms with Crippen molar-refractivity contribution in [3.63, 3.8) is 0 Å². The first-order chi connectivity index (χ1) is 19.4. The molecular weight excluding hydrogens is 633 g/mol. The first-order valence-corrected chi connectivity index (χ1v) is 16.4. The van der Waals surface area contributed by atoms with E-state index in [1.54, 1.807) is 0 Å². The molecule has 18 nitrogen and oxygen atoms in total. The number of fused-ring (bicyclic) bond motifs is 2. The van der Waals surface area contributed by atoms with Crippen molar-refractivity contribution < 1.29 is 71.2 Å². The lowest BCUT2D eigenvalue weighted by molar-refractivity contribution is -0.427. The third-order valence-corrected chi connectivity index (χ3v) is 11.3. The first kappa shape index (κ1) is 32.1. The fourth-order valence-corrected chi connectivity index (χ4v) is 8.73. The molecule has 2 aromatic rings. The normalized spacial score (nSPS) is 41.7. The van der Waals surface area contributed by atoms with Gasteiger partial charge in [0.05, 0.1) is 55.7 Å². The van der Waals surface area contributed by atoms with E-state index in [9.17, 15) is 34.4 Å². The molecule has 2 aromatic heterocycles. The molecule has 8 unspecified atom stereocenters. The molecule has 0 aromatic carbocycles. The quantitative estimate of drug-likeness (QED) is 0.107. The number of nitrogens with two attached hydrogens (primary N) is 2. The molecule has 2 saturated heterocycles. The van der Waals surface area contributed by atoms with E-state index in [0.29, 0.717) is 0 Å². The number of alkyl halides is 1. The van der Waals surface area contributed by atoms with E-state index in [1.165, 1.54) is 6.26 Å². The highest BCUT2D eigenvalue weighted by Crippen LogP contribution is 2.68. The second-order valence-electron chi connectivity index (χ2n) is 10.3. The number of phosphoric acid groups is 1. The number of aliphatic hydroxyl groups excluding tert-OH is 4. The summed E-state index contributed by atoms with van der Waals surface area (Å²) in [6.07, 6.45) is -7.54. The van der Waals surface area contributed by atoms with E-state index in [4.69, 9.17) is 39.5 Å². The van der Waals surface area contributed by atoms with Crippen LogP contribution in [0.1, 0.15) is 18.6 Å². The molecular formula is C20H29FN4O14P2S. The van der Waals surface area contributed by atoms with Crippen LogP contribution in [0.5, 0.6) is 0 Å². The van der Waals surface area contributed by atoms with Crippen molar-refractivity contribution in [3.05, 3.63) is 18.2 Å². The van der Waals surface area contributed by atoms with E-state index in [-0.39, 0.29) is 22.5 Å². The molecule has 0 radical (unpaired) electrons. The van der Waals surface area contributed by atoms with E-state index >= 15 is 4.39 Å². The molecule has 2 aliphatic heterocycles. The number of anilines is 1. The molecule has 0 bridgehead atoms. The van der Waals surface area contributed by atoms with Gasteiger partial charge in [-0.25, -0.2) is 23.5 Å². The zero-order chi connectivity index (χ0) is 31.0. The third kappa shape index (κ3) is 5.31. The van der Waals surface area contributed by atoms with Crippen molar-refractivity contribution in [2.24, 2.45) is 17.6 Å². The van der Waals surface area contributed by atoms with Gasteiger partial charge in [-0.3, -0.25) is 9.05 Å². The van der Waals surface area contributed by atoms with Gasteiger partial charge in [-0.2, -0.15) is 4.31 Å². The summed E-state index contributed by atoms with van der Waals surface area (Å²) in [5, 5.41) is 50.1. The van der Waals surface area contributed by atoms with Gasteiger partial charge < -0.3 is 55.8 Å². The Morgan fingerprint density at radius 3 is 2.64 bits per heavy atom. The van der Waals surface area contributed by atoms with Crippen LogP contribution in [-0.4, -0.2) is 102 Å². The number of halogens is 1. The van der Waals surface area contributed by atoms with Crippen LogP contribution < -0.4 is 11.5 Å². The molecule has 5 rings (SSSR count). The van der Waals surface area contributed by atoms with Gasteiger partial charge >= 0.3 is 14.6 Å². The van der Waals surface area contributed by atoms with Crippen LogP contribution in [0.15, 0.2) is 17.0 Å². The number of furan rings is 1. The molecule has 0 spiro atoms. The number of hydrogen-bond acceptors (Lipinski definition) is 17. The lowest BCUT2D eigenvalue weighted by atomic mass is 9.86. The lowest BCUT2D eigenvalue weighted by Crippen LogP contribution is -2.64. The number of nitrogens with zero attached hydrogens (tertiary/aromatic N) is 2. The standard InChI is InChI=1S/C20H29FN4O14P2S/c1-19(21)15(22)8(36-16(19)6-3-34-14-11(6)24-5-25-17(14)23)4-35-41(33,42)39-40(31,32)38-18-10-13(29)12(28)9(7(27)2-26)20(10,30)37-18/h3,5,7-10,12-13,15-16,18,26-30H,2,4,22H2,1H3,(H,31,32)(H,33,42)(H2,23,24,25)/t7-,8+,9?,10?,12?,13?,15+,16-,18?,19+,20?,41?/m0/s1. The number of ether oxygens (including phenoxy) is 2. The zero-order valence-corrected chi connectivity index (χ0v) is 24.2. The van der Waals surface area contributed by atoms with Crippen molar-refractivity contribution >= 4 is 43.8 Å². The average Bonchev–Trinajstić information content (AvgIpc) is 3.44. The number of thiol groups is 1. The average molecular weight is 662 g/mol. The summed E-state index contributed by atoms with van der Waals surface area (Å²) in [5.74, 6) is -5.59. The molecule has 1 saturated carbocycles. The smallest absolute Gasteiger partial charge is 0.458 e. The van der Waals surface area contributed by atoms with Crippen LogP contribution in [0.3, 0.4) is 0 Å². The number of hydrogen-bond donors (Lipinski definition) is 9. The van der Waals surface area contributed by atoms with Crippen molar-refractivity contribution in [2.75, 3.05) is 18.9 Å². The summed E-state index contributed by atoms with van der Waals surface area (Å²) < 4.78 is 71.5. The van der Waals surface area contributed by atoms with Crippen molar-refractivity contribution in [1.82, 2.24) is 9.97 Å². The number of phosphoric ester groups is 1. The van der Waals surface area contributed by atoms with Crippen LogP contribution >= 0.6 is 26.9 Å². The van der Waals surface area contributed by atoms with Gasteiger partial charge in [-0.15, -0.1) is 0 Å². The van der Waals surface area contributed by atoms with E-state index in [2.05, 4.69) is 26.5 Å². The van der Waals surface area contributed by atoms with Crippen molar-refractivity contribution in [2.45, 2.75) is 61.2 Å². The summed E-state index contributed by atoms with van der Waals surface area (Å²) >= 11 is 3.64. The molecule has 236 valence electrons. The van der Waals surface area contributed by atoms with Gasteiger partial charge in [0.15, 0.2) is 29.1 Å². The highest BCUT2D eigenvalue weighted by atomic mass is 32.7. The summed E-state index contributed by atoms with van der Waals surface area (Å²) in [6.45, 7) is -5.26. The fourth-order valence-electron chi connectivity index (χ4n) is 5.54. The summed E-state index contributed by atoms with van der Waals surface area (Å²) in [6, 6.07) is -1.38. The van der Waals surface area contributed by atoms with Gasteiger partial charge in [0, 0.05) is 5.56 Å². The largest absolute Gasteiger partial charge is 0.482 e. The van der Waals surface area contributed by atoms with Crippen LogP contribution in [0.25, 0.3) is 11.1 Å². The molecule has 3 fully saturated rings. The van der Waals surface area contributed by atoms with Gasteiger partial charge in [-0.1, -0.05) is 12.2 Å². The predicted octanol–water partition coefficient (Wildman–Crippen LogP) is -1.15. The summed E-state index contributed by atoms with van der Waals surface area (Å²) in [5.41, 5.74) is 9.98. The first-order valence-electron chi connectivity index (χ1n) is 12.3. The van der Waals surface area contributed by atoms with Gasteiger partial charge in [-0.05, 0) is 6.92 Å². The molecule has 3 aliphatic rings. The highest BCUT2D eigenvalue weighted by molar-refractivity contribution is 8.45. The Bertz CT molecular complexity index is 1440. The minimum atomic E-state index is -5.39. The zero-order valence-electron chi connectivity index (χ0n) is 21.5. The Labute approximate surface area is 241 Å². The number of rotatable bonds is 10. The SMILES string of the molecule is C[C@@]1(F)[C@H](N)[C@@H](COP(=O)(S)OP(=O)(O)OC2OC3(O)C2C(O)C(O)C3[C@@H](O)CO)O[C@H]1c1coc2c(N)ncnc12. The van der Waals surface area contributed by atoms with E-state index in [0.717, 1.165) is 13.3 Å². The maximum atomic E-state index is 15.7. The molecule has 4 heterocycles. The van der Waals surface area contributed by atoms with Crippen LogP contribution in [0.2, 0.25) is 0 Å². The number of aliphatic hydroxyl groups is 5. The third-order valence-electron chi connectivity index (χ3n) is 7.65. The fraction of sp³-hybridized carbons (Fsp3) is 0.700. The molecule has 0 amide bonds. The minimum Gasteiger partial charge on any atom is -0.458 e. The maximum Gasteiger partial charge on any atom is 0.482 e. The van der Waals surface area contributed by atoms with Crippen molar-refractivity contribution in [1.29, 1.82) is 0 Å². The Kier molecular flexibility index (Phi) is 8.35. The second-order valence-corrected chi connectivity index (χ2v) is 14.8. The molecule has 10 N–H and O–H groups in total. The Balaban J connectivity index is 1.22. The van der Waals surface area contributed by atoms with Crippen molar-refractivity contribution in [3.8, 4) is 0 Å². The van der Waals surface area contributed by atoms with Gasteiger partial charge in [0.25, 0.3) is 0 Å². The van der Waals surface area contributed by atoms with Crippen LogP contribution in [0.4, 0.5) is 10.2 Å². The Morgan fingerprint density at radius 1 is 1.29 bits per heavy atom. The lowest BCUT2D eigenvalue weighted by Gasteiger charge is -2.49. The van der Waals surface area contributed by atoms with E-state index in [1.807, 2.05) is 0 Å². The highest BCUT2D eigenvalue weighted by Gasteiger charge is 2.73.